The average molecular weight is 375 g/mol. The number of nitrogens with zero attached hydrogens (tertiary/aromatic N) is 2. The van der Waals surface area contributed by atoms with Crippen LogP contribution in [0, 0.1) is 6.92 Å². The Bertz CT molecular complexity index is 995. The van der Waals surface area contributed by atoms with E-state index in [1.54, 1.807) is 11.3 Å². The summed E-state index contributed by atoms with van der Waals surface area (Å²) >= 11 is 1.74. The summed E-state index contributed by atoms with van der Waals surface area (Å²) in [5.41, 5.74) is 3.32. The van der Waals surface area contributed by atoms with Crippen molar-refractivity contribution in [3.8, 4) is 11.5 Å². The van der Waals surface area contributed by atoms with Crippen LogP contribution in [0.1, 0.15) is 40.9 Å². The van der Waals surface area contributed by atoms with Crippen LogP contribution >= 0.6 is 11.3 Å². The molecule has 5 heteroatoms. The lowest BCUT2D eigenvalue weighted by molar-refractivity contribution is 0.405. The van der Waals surface area contributed by atoms with Crippen molar-refractivity contribution in [3.05, 3.63) is 94.0 Å². The number of rotatable bonds is 6. The minimum atomic E-state index is -0.0802. The molecule has 0 fully saturated rings. The first-order chi connectivity index (χ1) is 13.2. The fourth-order valence-corrected chi connectivity index (χ4v) is 3.88. The van der Waals surface area contributed by atoms with Gasteiger partial charge in [0, 0.05) is 10.4 Å². The summed E-state index contributed by atoms with van der Waals surface area (Å²) in [6, 6.07) is 22.7. The summed E-state index contributed by atoms with van der Waals surface area (Å²) in [5, 5.41) is 14.3. The zero-order valence-electron chi connectivity index (χ0n) is 15.3. The van der Waals surface area contributed by atoms with E-state index < -0.39 is 0 Å². The zero-order valence-corrected chi connectivity index (χ0v) is 16.1. The van der Waals surface area contributed by atoms with Crippen molar-refractivity contribution in [2.45, 2.75) is 25.9 Å². The van der Waals surface area contributed by atoms with Crippen LogP contribution in [0.2, 0.25) is 0 Å². The molecule has 0 radical (unpaired) electrons. The minimum absolute atomic E-state index is 0.0792. The van der Waals surface area contributed by atoms with Crippen molar-refractivity contribution in [2.24, 2.45) is 0 Å². The van der Waals surface area contributed by atoms with Crippen molar-refractivity contribution < 1.29 is 4.42 Å². The van der Waals surface area contributed by atoms with Gasteiger partial charge in [-0.2, -0.15) is 0 Å². The smallest absolute Gasteiger partial charge is 0.247 e. The van der Waals surface area contributed by atoms with Crippen LogP contribution in [-0.2, 0) is 0 Å². The molecule has 0 aliphatic heterocycles. The number of hydrogen-bond acceptors (Lipinski definition) is 5. The van der Waals surface area contributed by atoms with Gasteiger partial charge in [0.05, 0.1) is 12.1 Å². The van der Waals surface area contributed by atoms with Gasteiger partial charge in [0.15, 0.2) is 0 Å². The van der Waals surface area contributed by atoms with Gasteiger partial charge in [-0.3, -0.25) is 5.32 Å². The number of nitrogens with one attached hydrogen (secondary N) is 1. The number of thiophene rings is 1. The van der Waals surface area contributed by atoms with Crippen LogP contribution in [-0.4, -0.2) is 10.2 Å². The predicted molar refractivity (Wildman–Crippen MR) is 109 cm³/mol. The third-order valence-electron chi connectivity index (χ3n) is 4.45. The second kappa shape index (κ2) is 7.86. The molecule has 2 heterocycles. The van der Waals surface area contributed by atoms with Gasteiger partial charge in [-0.1, -0.05) is 54.1 Å². The Morgan fingerprint density at radius 2 is 1.81 bits per heavy atom. The van der Waals surface area contributed by atoms with E-state index in [1.807, 2.05) is 24.3 Å². The Morgan fingerprint density at radius 3 is 2.56 bits per heavy atom. The van der Waals surface area contributed by atoms with Crippen molar-refractivity contribution in [3.63, 3.8) is 0 Å². The Morgan fingerprint density at radius 1 is 0.963 bits per heavy atom. The quantitative estimate of drug-likeness (QED) is 0.480. The lowest BCUT2D eigenvalue weighted by atomic mass is 10.0. The van der Waals surface area contributed by atoms with E-state index in [1.165, 1.54) is 16.0 Å². The largest absolute Gasteiger partial charge is 0.419 e. The van der Waals surface area contributed by atoms with Crippen molar-refractivity contribution in [1.29, 1.82) is 0 Å². The summed E-state index contributed by atoms with van der Waals surface area (Å²) in [5.74, 6) is 1.14. The first-order valence-electron chi connectivity index (χ1n) is 8.95. The highest BCUT2D eigenvalue weighted by molar-refractivity contribution is 7.10. The van der Waals surface area contributed by atoms with Crippen molar-refractivity contribution in [2.75, 3.05) is 0 Å². The second-order valence-electron chi connectivity index (χ2n) is 6.56. The van der Waals surface area contributed by atoms with Gasteiger partial charge in [0.1, 0.15) is 0 Å². The van der Waals surface area contributed by atoms with E-state index in [-0.39, 0.29) is 12.1 Å². The van der Waals surface area contributed by atoms with Crippen molar-refractivity contribution in [1.82, 2.24) is 15.5 Å². The molecule has 0 saturated carbocycles. The van der Waals surface area contributed by atoms with E-state index in [0.29, 0.717) is 11.8 Å². The number of hydrogen-bond donors (Lipinski definition) is 1. The molecule has 4 aromatic rings. The molecule has 0 amide bonds. The molecule has 0 spiro atoms. The predicted octanol–water partition coefficient (Wildman–Crippen LogP) is 5.55. The fourth-order valence-electron chi connectivity index (χ4n) is 3.07. The molecule has 4 rings (SSSR count). The molecule has 0 aliphatic rings. The van der Waals surface area contributed by atoms with Crippen molar-refractivity contribution >= 4 is 11.3 Å². The summed E-state index contributed by atoms with van der Waals surface area (Å²) in [4.78, 5) is 1.26. The van der Waals surface area contributed by atoms with Crippen LogP contribution in [0.25, 0.3) is 11.5 Å². The maximum Gasteiger partial charge on any atom is 0.247 e. The molecule has 0 bridgehead atoms. The molecule has 2 aromatic heterocycles. The van der Waals surface area contributed by atoms with Gasteiger partial charge in [-0.05, 0) is 43.0 Å². The molecule has 2 aromatic carbocycles. The molecule has 4 nitrogen and oxygen atoms in total. The van der Waals surface area contributed by atoms with Crippen LogP contribution in [0.4, 0.5) is 0 Å². The highest BCUT2D eigenvalue weighted by Gasteiger charge is 2.22. The molecule has 2 atom stereocenters. The Hall–Kier alpha value is -2.76. The van der Waals surface area contributed by atoms with Gasteiger partial charge in [-0.15, -0.1) is 21.5 Å². The van der Waals surface area contributed by atoms with Gasteiger partial charge in [-0.25, -0.2) is 0 Å². The number of aryl methyl sites for hydroxylation is 1. The third kappa shape index (κ3) is 3.99. The Balaban J connectivity index is 1.58. The van der Waals surface area contributed by atoms with Crippen LogP contribution < -0.4 is 5.32 Å². The van der Waals surface area contributed by atoms with E-state index in [2.05, 4.69) is 77.2 Å². The summed E-state index contributed by atoms with van der Waals surface area (Å²) in [6.45, 7) is 4.10. The van der Waals surface area contributed by atoms with Gasteiger partial charge in [0.25, 0.3) is 0 Å². The topological polar surface area (TPSA) is 51.0 Å². The van der Waals surface area contributed by atoms with E-state index in [0.717, 1.165) is 5.56 Å². The standard InChI is InChI=1S/C22H21N3OS/c1-15-8-6-11-18(14-15)22-25-24-21(26-22)16(2)23-20(19-12-7-13-27-19)17-9-4-3-5-10-17/h3-14,16,20,23H,1-2H3/t16-,20-/m0/s1. The SMILES string of the molecule is Cc1cccc(-c2nnc([C@H](C)N[C@@H](c3ccccc3)c3cccs3)o2)c1. The number of aromatic nitrogens is 2. The van der Waals surface area contributed by atoms with Gasteiger partial charge >= 0.3 is 0 Å². The summed E-state index contributed by atoms with van der Waals surface area (Å²) in [6.07, 6.45) is 0. The molecule has 136 valence electrons. The molecule has 0 saturated heterocycles. The van der Waals surface area contributed by atoms with Crippen LogP contribution in [0.3, 0.4) is 0 Å². The summed E-state index contributed by atoms with van der Waals surface area (Å²) < 4.78 is 5.96. The second-order valence-corrected chi connectivity index (χ2v) is 7.54. The highest BCUT2D eigenvalue weighted by Crippen LogP contribution is 2.29. The Labute approximate surface area is 162 Å². The maximum atomic E-state index is 5.96. The highest BCUT2D eigenvalue weighted by atomic mass is 32.1. The molecular weight excluding hydrogens is 354 g/mol. The van der Waals surface area contributed by atoms with E-state index >= 15 is 0 Å². The lowest BCUT2D eigenvalue weighted by Gasteiger charge is -2.21. The minimum Gasteiger partial charge on any atom is -0.419 e. The van der Waals surface area contributed by atoms with Crippen LogP contribution in [0.5, 0.6) is 0 Å². The first-order valence-corrected chi connectivity index (χ1v) is 9.83. The Kier molecular flexibility index (Phi) is 5.14. The van der Waals surface area contributed by atoms with E-state index in [9.17, 15) is 0 Å². The molecule has 0 aliphatic carbocycles. The van der Waals surface area contributed by atoms with E-state index in [4.69, 9.17) is 4.42 Å². The maximum absolute atomic E-state index is 5.96. The first kappa shape index (κ1) is 17.6. The molecule has 0 unspecified atom stereocenters. The zero-order chi connectivity index (χ0) is 18.6. The molecule has 27 heavy (non-hydrogen) atoms. The normalized spacial score (nSPS) is 13.4. The molecule has 1 N–H and O–H groups in total. The molecular formula is C22H21N3OS. The summed E-state index contributed by atoms with van der Waals surface area (Å²) in [7, 11) is 0. The lowest BCUT2D eigenvalue weighted by Crippen LogP contribution is -2.25. The monoisotopic (exact) mass is 375 g/mol. The van der Waals surface area contributed by atoms with Gasteiger partial charge < -0.3 is 4.42 Å². The fraction of sp³-hybridized carbons (Fsp3) is 0.182. The van der Waals surface area contributed by atoms with Crippen LogP contribution in [0.15, 0.2) is 76.5 Å². The van der Waals surface area contributed by atoms with Gasteiger partial charge in [0.2, 0.25) is 11.8 Å². The number of benzene rings is 2. The average Bonchev–Trinajstić information content (AvgIpc) is 3.39. The third-order valence-corrected chi connectivity index (χ3v) is 5.39.